The smallest absolute Gasteiger partial charge is 0.280 e. The van der Waals surface area contributed by atoms with Gasteiger partial charge in [0.15, 0.2) is 5.96 Å². The SMILES string of the molecule is CC1(C)C=C(Br)c2cc(C(=O)N=C(N)N)cc(Br)c2O1. The molecule has 2 rings (SSSR count). The molecule has 20 heavy (non-hydrogen) atoms. The summed E-state index contributed by atoms with van der Waals surface area (Å²) in [5, 5.41) is 0. The van der Waals surface area contributed by atoms with Gasteiger partial charge in [0.2, 0.25) is 0 Å². The molecule has 5 nitrogen and oxygen atoms in total. The normalized spacial score (nSPS) is 15.7. The second kappa shape index (κ2) is 5.21. The summed E-state index contributed by atoms with van der Waals surface area (Å²) in [7, 11) is 0. The molecule has 4 N–H and O–H groups in total. The quantitative estimate of drug-likeness (QED) is 0.558. The van der Waals surface area contributed by atoms with Gasteiger partial charge in [-0.2, -0.15) is 4.99 Å². The van der Waals surface area contributed by atoms with Crippen LogP contribution in [0.15, 0.2) is 27.7 Å². The Morgan fingerprint density at radius 3 is 2.55 bits per heavy atom. The molecule has 0 atom stereocenters. The van der Waals surface area contributed by atoms with E-state index in [9.17, 15) is 4.79 Å². The van der Waals surface area contributed by atoms with Gasteiger partial charge in [0, 0.05) is 15.6 Å². The monoisotopic (exact) mass is 401 g/mol. The van der Waals surface area contributed by atoms with Crippen molar-refractivity contribution in [1.82, 2.24) is 0 Å². The number of guanidine groups is 1. The van der Waals surface area contributed by atoms with E-state index in [1.54, 1.807) is 12.1 Å². The summed E-state index contributed by atoms with van der Waals surface area (Å²) in [6.07, 6.45) is 1.93. The molecule has 1 heterocycles. The van der Waals surface area contributed by atoms with Crippen LogP contribution in [0.4, 0.5) is 0 Å². The highest BCUT2D eigenvalue weighted by Gasteiger charge is 2.28. The Kier molecular flexibility index (Phi) is 3.93. The number of aliphatic imine (C=N–C) groups is 1. The summed E-state index contributed by atoms with van der Waals surface area (Å²) >= 11 is 6.90. The van der Waals surface area contributed by atoms with Crippen molar-refractivity contribution in [3.8, 4) is 5.75 Å². The first-order chi connectivity index (χ1) is 9.19. The van der Waals surface area contributed by atoms with Crippen LogP contribution in [0.5, 0.6) is 5.75 Å². The molecule has 0 saturated carbocycles. The number of amides is 1. The predicted molar refractivity (Wildman–Crippen MR) is 85.9 cm³/mol. The molecule has 0 bridgehead atoms. The molecule has 0 fully saturated rings. The number of hydrogen-bond acceptors (Lipinski definition) is 2. The van der Waals surface area contributed by atoms with E-state index >= 15 is 0 Å². The largest absolute Gasteiger partial charge is 0.482 e. The van der Waals surface area contributed by atoms with Crippen molar-refractivity contribution in [2.24, 2.45) is 16.5 Å². The van der Waals surface area contributed by atoms with Crippen LogP contribution in [0.1, 0.15) is 29.8 Å². The molecule has 0 radical (unpaired) electrons. The third kappa shape index (κ3) is 3.04. The van der Waals surface area contributed by atoms with Gasteiger partial charge in [-0.3, -0.25) is 4.79 Å². The summed E-state index contributed by atoms with van der Waals surface area (Å²) in [6.45, 7) is 3.89. The van der Waals surface area contributed by atoms with Gasteiger partial charge in [-0.15, -0.1) is 0 Å². The average molecular weight is 403 g/mol. The van der Waals surface area contributed by atoms with Crippen molar-refractivity contribution >= 4 is 48.2 Å². The summed E-state index contributed by atoms with van der Waals surface area (Å²) in [5.41, 5.74) is 11.2. The lowest BCUT2D eigenvalue weighted by molar-refractivity contribution is 0.100. The minimum atomic E-state index is -0.501. The van der Waals surface area contributed by atoms with Crippen molar-refractivity contribution in [1.29, 1.82) is 0 Å². The molecular formula is C13H13Br2N3O2. The van der Waals surface area contributed by atoms with Crippen molar-refractivity contribution in [2.45, 2.75) is 19.4 Å². The van der Waals surface area contributed by atoms with Gasteiger partial charge in [0.25, 0.3) is 5.91 Å². The zero-order valence-corrected chi connectivity index (χ0v) is 14.1. The molecule has 0 aliphatic carbocycles. The molecule has 1 aliphatic heterocycles. The van der Waals surface area contributed by atoms with Crippen molar-refractivity contribution in [2.75, 3.05) is 0 Å². The number of benzene rings is 1. The standard InChI is InChI=1S/C13H13Br2N3O2/c1-13(2)5-9(15)7-3-6(11(19)18-12(16)17)4-8(14)10(7)20-13/h3-5H,1-2H3,(H4,16,17,18,19). The molecule has 1 amide bonds. The van der Waals surface area contributed by atoms with Gasteiger partial charge in [-0.25, -0.2) is 0 Å². The number of ether oxygens (including phenoxy) is 1. The summed E-state index contributed by atoms with van der Waals surface area (Å²) in [4.78, 5) is 15.4. The number of carbonyl (C=O) groups excluding carboxylic acids is 1. The van der Waals surface area contributed by atoms with E-state index in [0.717, 1.165) is 10.0 Å². The molecule has 7 heteroatoms. The lowest BCUT2D eigenvalue weighted by atomic mass is 10.0. The molecule has 0 aromatic heterocycles. The topological polar surface area (TPSA) is 90.7 Å². The van der Waals surface area contributed by atoms with Crippen LogP contribution in [0.2, 0.25) is 0 Å². The molecule has 0 spiro atoms. The molecular weight excluding hydrogens is 390 g/mol. The molecule has 106 valence electrons. The van der Waals surface area contributed by atoms with Gasteiger partial charge in [-0.1, -0.05) is 15.9 Å². The number of nitrogens with zero attached hydrogens (tertiary/aromatic N) is 1. The fraction of sp³-hybridized carbons (Fsp3) is 0.231. The predicted octanol–water partition coefficient (Wildman–Crippen LogP) is 2.77. The number of rotatable bonds is 1. The second-order valence-electron chi connectivity index (χ2n) is 4.87. The van der Waals surface area contributed by atoms with Gasteiger partial charge < -0.3 is 16.2 Å². The fourth-order valence-corrected chi connectivity index (χ4v) is 3.24. The maximum Gasteiger partial charge on any atom is 0.280 e. The van der Waals surface area contributed by atoms with E-state index in [4.69, 9.17) is 16.2 Å². The Morgan fingerprint density at radius 2 is 1.95 bits per heavy atom. The maximum atomic E-state index is 11.9. The lowest BCUT2D eigenvalue weighted by Gasteiger charge is -2.30. The number of halogens is 2. The highest BCUT2D eigenvalue weighted by atomic mass is 79.9. The van der Waals surface area contributed by atoms with Crippen molar-refractivity contribution < 1.29 is 9.53 Å². The van der Waals surface area contributed by atoms with E-state index in [2.05, 4.69) is 36.9 Å². The number of nitrogens with two attached hydrogens (primary N) is 2. The first kappa shape index (κ1) is 15.1. The van der Waals surface area contributed by atoms with Gasteiger partial charge in [0.1, 0.15) is 11.4 Å². The minimum Gasteiger partial charge on any atom is -0.482 e. The van der Waals surface area contributed by atoms with Crippen LogP contribution >= 0.6 is 31.9 Å². The third-order valence-corrected chi connectivity index (χ3v) is 3.86. The van der Waals surface area contributed by atoms with Crippen LogP contribution in [0, 0.1) is 0 Å². The summed E-state index contributed by atoms with van der Waals surface area (Å²) in [6, 6.07) is 3.32. The van der Waals surface area contributed by atoms with E-state index in [-0.39, 0.29) is 5.96 Å². The highest BCUT2D eigenvalue weighted by molar-refractivity contribution is 9.15. The van der Waals surface area contributed by atoms with Gasteiger partial charge >= 0.3 is 0 Å². The fourth-order valence-electron chi connectivity index (χ4n) is 1.86. The summed E-state index contributed by atoms with van der Waals surface area (Å²) in [5.74, 6) is -0.0971. The Bertz CT molecular complexity index is 647. The van der Waals surface area contributed by atoms with Crippen LogP contribution in [0.3, 0.4) is 0 Å². The molecule has 0 saturated heterocycles. The van der Waals surface area contributed by atoms with Gasteiger partial charge in [0.05, 0.1) is 4.47 Å². The Hall–Kier alpha value is -1.34. The summed E-state index contributed by atoms with van der Waals surface area (Å²) < 4.78 is 7.41. The first-order valence-corrected chi connectivity index (χ1v) is 7.33. The third-order valence-electron chi connectivity index (χ3n) is 2.62. The van der Waals surface area contributed by atoms with E-state index in [1.807, 2.05) is 19.9 Å². The van der Waals surface area contributed by atoms with Crippen LogP contribution in [-0.2, 0) is 0 Å². The average Bonchev–Trinajstić information content (AvgIpc) is 2.28. The zero-order valence-electron chi connectivity index (χ0n) is 10.9. The molecule has 1 aliphatic rings. The molecule has 1 aromatic rings. The Labute approximate surface area is 133 Å². The van der Waals surface area contributed by atoms with Crippen LogP contribution in [0.25, 0.3) is 4.48 Å². The number of hydrogen-bond donors (Lipinski definition) is 2. The zero-order chi connectivity index (χ0) is 15.1. The van der Waals surface area contributed by atoms with E-state index in [1.165, 1.54) is 0 Å². The highest BCUT2D eigenvalue weighted by Crippen LogP contribution is 2.43. The van der Waals surface area contributed by atoms with Gasteiger partial charge in [-0.05, 0) is 48.0 Å². The Morgan fingerprint density at radius 1 is 1.30 bits per heavy atom. The lowest BCUT2D eigenvalue weighted by Crippen LogP contribution is -2.28. The van der Waals surface area contributed by atoms with Crippen LogP contribution < -0.4 is 16.2 Å². The second-order valence-corrected chi connectivity index (χ2v) is 6.58. The number of fused-ring (bicyclic) bond motifs is 1. The Balaban J connectivity index is 2.55. The maximum absolute atomic E-state index is 11.9. The van der Waals surface area contributed by atoms with Crippen molar-refractivity contribution in [3.05, 3.63) is 33.8 Å². The van der Waals surface area contributed by atoms with E-state index in [0.29, 0.717) is 15.8 Å². The number of carbonyl (C=O) groups is 1. The molecule has 0 unspecified atom stereocenters. The minimum absolute atomic E-state index is 0.268. The van der Waals surface area contributed by atoms with Crippen molar-refractivity contribution in [3.63, 3.8) is 0 Å². The van der Waals surface area contributed by atoms with E-state index < -0.39 is 11.5 Å². The van der Waals surface area contributed by atoms with Crippen LogP contribution in [-0.4, -0.2) is 17.5 Å². The first-order valence-electron chi connectivity index (χ1n) is 5.75. The molecule has 1 aromatic carbocycles.